The normalized spacial score (nSPS) is 16.9. The highest BCUT2D eigenvalue weighted by molar-refractivity contribution is 5.85. The molecule has 1 unspecified atom stereocenters. The van der Waals surface area contributed by atoms with Crippen LogP contribution in [0, 0.1) is 0 Å². The fraction of sp³-hybridized carbons (Fsp3) is 0.933. The van der Waals surface area contributed by atoms with Gasteiger partial charge in [-0.05, 0) is 32.9 Å². The van der Waals surface area contributed by atoms with Gasteiger partial charge in [0.2, 0.25) is 5.91 Å². The van der Waals surface area contributed by atoms with Gasteiger partial charge in [-0.3, -0.25) is 4.79 Å². The van der Waals surface area contributed by atoms with Gasteiger partial charge in [-0.25, -0.2) is 0 Å². The highest BCUT2D eigenvalue weighted by atomic mass is 35.5. The van der Waals surface area contributed by atoms with E-state index < -0.39 is 0 Å². The van der Waals surface area contributed by atoms with E-state index >= 15 is 0 Å². The standard InChI is InChI=1S/C15H31N3O2.2ClH/c1-4-17(5-2)10-11-20-14-6-8-18(9-7-14)15(19)12-13(3)16;;/h13-14H,4-12,16H2,1-3H3;2*1H. The monoisotopic (exact) mass is 357 g/mol. The SMILES string of the molecule is CCN(CC)CCOC1CCN(C(=O)CC(C)N)CC1.Cl.Cl. The summed E-state index contributed by atoms with van der Waals surface area (Å²) in [6.45, 7) is 11.8. The summed E-state index contributed by atoms with van der Waals surface area (Å²) in [6, 6.07) is -0.0504. The van der Waals surface area contributed by atoms with E-state index in [0.717, 1.165) is 52.2 Å². The second-order valence-electron chi connectivity index (χ2n) is 5.66. The van der Waals surface area contributed by atoms with Crippen molar-refractivity contribution in [2.24, 2.45) is 5.73 Å². The summed E-state index contributed by atoms with van der Waals surface area (Å²) < 4.78 is 5.92. The molecule has 1 saturated heterocycles. The Kier molecular flexibility index (Phi) is 14.7. The number of ether oxygens (including phenoxy) is 1. The fourth-order valence-corrected chi connectivity index (χ4v) is 2.56. The molecule has 0 radical (unpaired) electrons. The summed E-state index contributed by atoms with van der Waals surface area (Å²) in [7, 11) is 0. The van der Waals surface area contributed by atoms with Crippen molar-refractivity contribution in [2.75, 3.05) is 39.3 Å². The first-order chi connectivity index (χ1) is 9.56. The predicted molar refractivity (Wildman–Crippen MR) is 96.1 cm³/mol. The summed E-state index contributed by atoms with van der Waals surface area (Å²) in [5, 5.41) is 0. The van der Waals surface area contributed by atoms with E-state index in [0.29, 0.717) is 12.5 Å². The van der Waals surface area contributed by atoms with Crippen LogP contribution in [0.4, 0.5) is 0 Å². The van der Waals surface area contributed by atoms with Crippen molar-refractivity contribution in [1.82, 2.24) is 9.80 Å². The molecular formula is C15H33Cl2N3O2. The van der Waals surface area contributed by atoms with Crippen LogP contribution in [-0.2, 0) is 9.53 Å². The number of nitrogens with two attached hydrogens (primary N) is 1. The van der Waals surface area contributed by atoms with Crippen molar-refractivity contribution in [1.29, 1.82) is 0 Å². The lowest BCUT2D eigenvalue weighted by atomic mass is 10.1. The molecule has 1 heterocycles. The van der Waals surface area contributed by atoms with E-state index in [1.54, 1.807) is 0 Å². The smallest absolute Gasteiger partial charge is 0.224 e. The summed E-state index contributed by atoms with van der Waals surface area (Å²) in [4.78, 5) is 16.2. The molecule has 0 spiro atoms. The topological polar surface area (TPSA) is 58.8 Å². The molecule has 0 bridgehead atoms. The average molecular weight is 358 g/mol. The number of carbonyl (C=O) groups is 1. The van der Waals surface area contributed by atoms with Crippen molar-refractivity contribution >= 4 is 30.7 Å². The van der Waals surface area contributed by atoms with Crippen LogP contribution in [-0.4, -0.2) is 67.2 Å². The van der Waals surface area contributed by atoms with Crippen LogP contribution in [0.3, 0.4) is 0 Å². The third-order valence-corrected chi connectivity index (χ3v) is 3.95. The molecule has 0 saturated carbocycles. The Morgan fingerprint density at radius 1 is 1.27 bits per heavy atom. The summed E-state index contributed by atoms with van der Waals surface area (Å²) in [5.41, 5.74) is 5.67. The zero-order valence-corrected chi connectivity index (χ0v) is 15.8. The molecule has 1 amide bonds. The van der Waals surface area contributed by atoms with Gasteiger partial charge in [-0.1, -0.05) is 13.8 Å². The summed E-state index contributed by atoms with van der Waals surface area (Å²) >= 11 is 0. The van der Waals surface area contributed by atoms with Crippen LogP contribution >= 0.6 is 24.8 Å². The summed E-state index contributed by atoms with van der Waals surface area (Å²) in [6.07, 6.45) is 2.66. The number of nitrogens with zero attached hydrogens (tertiary/aromatic N) is 2. The molecule has 0 aromatic carbocycles. The van der Waals surface area contributed by atoms with E-state index in [-0.39, 0.29) is 36.8 Å². The van der Waals surface area contributed by atoms with Crippen molar-refractivity contribution < 1.29 is 9.53 Å². The van der Waals surface area contributed by atoms with E-state index in [1.165, 1.54) is 0 Å². The Bertz CT molecular complexity index is 282. The maximum Gasteiger partial charge on any atom is 0.224 e. The van der Waals surface area contributed by atoms with Gasteiger partial charge in [-0.15, -0.1) is 24.8 Å². The third-order valence-electron chi connectivity index (χ3n) is 3.95. The van der Waals surface area contributed by atoms with E-state index in [1.807, 2.05) is 11.8 Å². The second kappa shape index (κ2) is 13.4. The lowest BCUT2D eigenvalue weighted by Gasteiger charge is -2.32. The van der Waals surface area contributed by atoms with Crippen molar-refractivity contribution in [3.05, 3.63) is 0 Å². The highest BCUT2D eigenvalue weighted by Gasteiger charge is 2.23. The van der Waals surface area contributed by atoms with Crippen LogP contribution in [0.25, 0.3) is 0 Å². The van der Waals surface area contributed by atoms with Crippen LogP contribution in [0.1, 0.15) is 40.0 Å². The van der Waals surface area contributed by atoms with Gasteiger partial charge in [0.05, 0.1) is 12.7 Å². The highest BCUT2D eigenvalue weighted by Crippen LogP contribution is 2.14. The Labute approximate surface area is 147 Å². The number of amides is 1. The molecule has 1 atom stereocenters. The zero-order chi connectivity index (χ0) is 15.0. The van der Waals surface area contributed by atoms with Gasteiger partial charge in [0, 0.05) is 32.1 Å². The molecule has 7 heteroatoms. The maximum absolute atomic E-state index is 11.9. The van der Waals surface area contributed by atoms with Crippen LogP contribution in [0.5, 0.6) is 0 Å². The Balaban J connectivity index is 0. The third kappa shape index (κ3) is 9.16. The van der Waals surface area contributed by atoms with Gasteiger partial charge < -0.3 is 20.3 Å². The quantitative estimate of drug-likeness (QED) is 0.720. The summed E-state index contributed by atoms with van der Waals surface area (Å²) in [5.74, 6) is 0.182. The minimum absolute atomic E-state index is 0. The largest absolute Gasteiger partial charge is 0.377 e. The lowest BCUT2D eigenvalue weighted by Crippen LogP contribution is -2.43. The van der Waals surface area contributed by atoms with Crippen LogP contribution < -0.4 is 5.73 Å². The predicted octanol–water partition coefficient (Wildman–Crippen LogP) is 1.92. The van der Waals surface area contributed by atoms with Gasteiger partial charge in [0.1, 0.15) is 0 Å². The Hall–Kier alpha value is -0.0700. The minimum atomic E-state index is -0.0504. The number of hydrogen-bond acceptors (Lipinski definition) is 4. The Morgan fingerprint density at radius 3 is 2.27 bits per heavy atom. The van der Waals surface area contributed by atoms with E-state index in [9.17, 15) is 4.79 Å². The molecule has 1 fully saturated rings. The molecule has 1 aliphatic heterocycles. The Morgan fingerprint density at radius 2 is 1.82 bits per heavy atom. The molecule has 2 N–H and O–H groups in total. The molecule has 22 heavy (non-hydrogen) atoms. The molecule has 1 aliphatic rings. The number of likely N-dealkylation sites (tertiary alicyclic amines) is 1. The van der Waals surface area contributed by atoms with Crippen LogP contribution in [0.2, 0.25) is 0 Å². The number of halogens is 2. The van der Waals surface area contributed by atoms with Crippen molar-refractivity contribution in [3.63, 3.8) is 0 Å². The number of piperidine rings is 1. The second-order valence-corrected chi connectivity index (χ2v) is 5.66. The zero-order valence-electron chi connectivity index (χ0n) is 14.1. The minimum Gasteiger partial charge on any atom is -0.377 e. The lowest BCUT2D eigenvalue weighted by molar-refractivity contribution is -0.134. The first-order valence-corrected chi connectivity index (χ1v) is 7.94. The van der Waals surface area contributed by atoms with E-state index in [2.05, 4.69) is 18.7 Å². The maximum atomic E-state index is 11.9. The number of carbonyl (C=O) groups excluding carboxylic acids is 1. The number of hydrogen-bond donors (Lipinski definition) is 1. The van der Waals surface area contributed by atoms with Crippen molar-refractivity contribution in [3.8, 4) is 0 Å². The fourth-order valence-electron chi connectivity index (χ4n) is 2.56. The first-order valence-electron chi connectivity index (χ1n) is 7.94. The number of likely N-dealkylation sites (N-methyl/N-ethyl adjacent to an activating group) is 1. The van der Waals surface area contributed by atoms with Crippen LogP contribution in [0.15, 0.2) is 0 Å². The van der Waals surface area contributed by atoms with Gasteiger partial charge in [0.15, 0.2) is 0 Å². The molecule has 1 rings (SSSR count). The molecule has 0 aromatic rings. The first kappa shape index (κ1) is 24.2. The van der Waals surface area contributed by atoms with Gasteiger partial charge in [-0.2, -0.15) is 0 Å². The van der Waals surface area contributed by atoms with E-state index in [4.69, 9.17) is 10.5 Å². The van der Waals surface area contributed by atoms with Gasteiger partial charge >= 0.3 is 0 Å². The number of rotatable bonds is 8. The molecule has 5 nitrogen and oxygen atoms in total. The molecular weight excluding hydrogens is 325 g/mol. The molecule has 134 valence electrons. The van der Waals surface area contributed by atoms with Gasteiger partial charge in [0.25, 0.3) is 0 Å². The molecule has 0 aromatic heterocycles. The average Bonchev–Trinajstić information content (AvgIpc) is 2.43. The van der Waals surface area contributed by atoms with Crippen molar-refractivity contribution in [2.45, 2.75) is 52.2 Å². The molecule has 0 aliphatic carbocycles.